The van der Waals surface area contributed by atoms with Crippen LogP contribution < -0.4 is 10.6 Å². The zero-order valence-corrected chi connectivity index (χ0v) is 15.2. The molecule has 1 aliphatic rings. The highest BCUT2D eigenvalue weighted by molar-refractivity contribution is 7.18. The van der Waals surface area contributed by atoms with E-state index in [1.165, 1.54) is 11.3 Å². The van der Waals surface area contributed by atoms with Gasteiger partial charge in [0.05, 0.1) is 0 Å². The summed E-state index contributed by atoms with van der Waals surface area (Å²) < 4.78 is 0. The fourth-order valence-corrected chi connectivity index (χ4v) is 3.22. The van der Waals surface area contributed by atoms with E-state index in [0.29, 0.717) is 5.13 Å². The molecule has 0 unspecified atom stereocenters. The van der Waals surface area contributed by atoms with Crippen LogP contribution in [-0.4, -0.2) is 28.1 Å². The highest BCUT2D eigenvalue weighted by Crippen LogP contribution is 2.30. The zero-order valence-electron chi connectivity index (χ0n) is 14.4. The molecule has 1 saturated carbocycles. The summed E-state index contributed by atoms with van der Waals surface area (Å²) in [4.78, 5) is 24.7. The van der Waals surface area contributed by atoms with Gasteiger partial charge in [-0.2, -0.15) is 0 Å². The van der Waals surface area contributed by atoms with Crippen molar-refractivity contribution in [2.75, 3.05) is 5.32 Å². The van der Waals surface area contributed by atoms with Crippen molar-refractivity contribution in [2.45, 2.75) is 39.2 Å². The lowest BCUT2D eigenvalue weighted by molar-refractivity contribution is -0.128. The number of anilines is 1. The highest BCUT2D eigenvalue weighted by atomic mass is 32.1. The first-order valence-corrected chi connectivity index (χ1v) is 9.40. The Morgan fingerprint density at radius 3 is 2.60 bits per heavy atom. The number of nitrogens with zero attached hydrogens (tertiary/aromatic N) is 2. The number of nitrogens with one attached hydrogen (secondary N) is 2. The molecule has 0 saturated heterocycles. The Morgan fingerprint density at radius 2 is 1.96 bits per heavy atom. The summed E-state index contributed by atoms with van der Waals surface area (Å²) in [6.45, 7) is 3.97. The molecule has 7 heteroatoms. The summed E-state index contributed by atoms with van der Waals surface area (Å²) in [7, 11) is 0. The Bertz CT molecular complexity index is 743. The van der Waals surface area contributed by atoms with E-state index in [1.54, 1.807) is 0 Å². The van der Waals surface area contributed by atoms with Crippen molar-refractivity contribution < 1.29 is 9.59 Å². The molecular weight excluding hydrogens is 336 g/mol. The van der Waals surface area contributed by atoms with Crippen LogP contribution in [0.1, 0.15) is 33.1 Å². The van der Waals surface area contributed by atoms with Gasteiger partial charge in [0.2, 0.25) is 16.9 Å². The molecule has 2 amide bonds. The van der Waals surface area contributed by atoms with Crippen molar-refractivity contribution in [3.63, 3.8) is 0 Å². The molecular formula is C18H22N4O2S. The van der Waals surface area contributed by atoms with E-state index < -0.39 is 6.04 Å². The first-order chi connectivity index (χ1) is 12.1. The van der Waals surface area contributed by atoms with Crippen molar-refractivity contribution in [1.29, 1.82) is 0 Å². The molecule has 6 nitrogen and oxygen atoms in total. The molecule has 1 aromatic carbocycles. The number of hydrogen-bond donors (Lipinski definition) is 2. The van der Waals surface area contributed by atoms with E-state index in [0.717, 1.165) is 29.8 Å². The summed E-state index contributed by atoms with van der Waals surface area (Å²) in [5.74, 6) is -0.142. The predicted octanol–water partition coefficient (Wildman–Crippen LogP) is 3.08. The lowest BCUT2D eigenvalue weighted by atomic mass is 9.98. The molecule has 1 fully saturated rings. The van der Waals surface area contributed by atoms with Gasteiger partial charge in [-0.05, 0) is 18.8 Å². The van der Waals surface area contributed by atoms with E-state index >= 15 is 0 Å². The van der Waals surface area contributed by atoms with Gasteiger partial charge in [-0.15, -0.1) is 10.2 Å². The second-order valence-electron chi connectivity index (χ2n) is 6.41. The van der Waals surface area contributed by atoms with E-state index in [-0.39, 0.29) is 23.7 Å². The first kappa shape index (κ1) is 17.5. The van der Waals surface area contributed by atoms with Crippen LogP contribution in [0.4, 0.5) is 5.13 Å². The van der Waals surface area contributed by atoms with Crippen LogP contribution in [0, 0.1) is 11.8 Å². The molecule has 25 heavy (non-hydrogen) atoms. The molecule has 0 spiro atoms. The van der Waals surface area contributed by atoms with Gasteiger partial charge in [0.1, 0.15) is 11.0 Å². The third-order valence-electron chi connectivity index (χ3n) is 4.42. The van der Waals surface area contributed by atoms with Crippen LogP contribution in [0.15, 0.2) is 30.3 Å². The summed E-state index contributed by atoms with van der Waals surface area (Å²) in [6.07, 6.45) is 2.63. The standard InChI is InChI=1S/C18H22N4O2S/c1-3-11(2)14(19-15(23)12-9-10-12)16(24)20-18-22-21-17(25-18)13-7-5-4-6-8-13/h4-8,11-12,14H,3,9-10H2,1-2H3,(H,19,23)(H,20,22,24)/t11-,14-/m1/s1. The molecule has 2 atom stereocenters. The summed E-state index contributed by atoms with van der Waals surface area (Å²) in [5, 5.41) is 15.1. The molecule has 1 aromatic heterocycles. The predicted molar refractivity (Wildman–Crippen MR) is 98.1 cm³/mol. The van der Waals surface area contributed by atoms with Crippen molar-refractivity contribution in [3.05, 3.63) is 30.3 Å². The maximum Gasteiger partial charge on any atom is 0.249 e. The van der Waals surface area contributed by atoms with E-state index in [2.05, 4.69) is 20.8 Å². The normalized spacial score (nSPS) is 16.1. The number of carbonyl (C=O) groups excluding carboxylic acids is 2. The molecule has 2 N–H and O–H groups in total. The van der Waals surface area contributed by atoms with Gasteiger partial charge in [0.25, 0.3) is 0 Å². The second kappa shape index (κ2) is 7.74. The molecule has 1 aliphatic carbocycles. The van der Waals surface area contributed by atoms with Crippen molar-refractivity contribution in [2.24, 2.45) is 11.8 Å². The maximum absolute atomic E-state index is 12.7. The van der Waals surface area contributed by atoms with Gasteiger partial charge in [-0.3, -0.25) is 14.9 Å². The minimum absolute atomic E-state index is 0.0253. The van der Waals surface area contributed by atoms with E-state index in [4.69, 9.17) is 0 Å². The largest absolute Gasteiger partial charge is 0.344 e. The van der Waals surface area contributed by atoms with Crippen LogP contribution >= 0.6 is 11.3 Å². The average Bonchev–Trinajstić information content (AvgIpc) is 3.39. The van der Waals surface area contributed by atoms with Gasteiger partial charge < -0.3 is 5.32 Å². The van der Waals surface area contributed by atoms with E-state index in [9.17, 15) is 9.59 Å². The van der Waals surface area contributed by atoms with Crippen molar-refractivity contribution in [1.82, 2.24) is 15.5 Å². The fourth-order valence-electron chi connectivity index (χ4n) is 2.47. The summed E-state index contributed by atoms with van der Waals surface area (Å²) in [6, 6.07) is 9.14. The second-order valence-corrected chi connectivity index (χ2v) is 7.39. The summed E-state index contributed by atoms with van der Waals surface area (Å²) in [5.41, 5.74) is 0.959. The lowest BCUT2D eigenvalue weighted by Crippen LogP contribution is -2.48. The molecule has 0 bridgehead atoms. The minimum atomic E-state index is -0.554. The third-order valence-corrected chi connectivity index (χ3v) is 5.30. The maximum atomic E-state index is 12.7. The van der Waals surface area contributed by atoms with Crippen LogP contribution in [0.5, 0.6) is 0 Å². The number of rotatable bonds is 7. The lowest BCUT2D eigenvalue weighted by Gasteiger charge is -2.22. The monoisotopic (exact) mass is 358 g/mol. The molecule has 0 radical (unpaired) electrons. The van der Waals surface area contributed by atoms with Crippen LogP contribution in [-0.2, 0) is 9.59 Å². The first-order valence-electron chi connectivity index (χ1n) is 8.58. The molecule has 3 rings (SSSR count). The highest BCUT2D eigenvalue weighted by Gasteiger charge is 2.34. The molecule has 1 heterocycles. The Labute approximate surface area is 151 Å². The Balaban J connectivity index is 1.68. The zero-order chi connectivity index (χ0) is 17.8. The van der Waals surface area contributed by atoms with Crippen molar-refractivity contribution >= 4 is 28.3 Å². The average molecular weight is 358 g/mol. The fraction of sp³-hybridized carbons (Fsp3) is 0.444. The van der Waals surface area contributed by atoms with Crippen LogP contribution in [0.25, 0.3) is 10.6 Å². The Morgan fingerprint density at radius 1 is 1.24 bits per heavy atom. The smallest absolute Gasteiger partial charge is 0.249 e. The number of hydrogen-bond acceptors (Lipinski definition) is 5. The Hall–Kier alpha value is -2.28. The number of amides is 2. The number of benzene rings is 1. The van der Waals surface area contributed by atoms with Crippen LogP contribution in [0.2, 0.25) is 0 Å². The van der Waals surface area contributed by atoms with Crippen LogP contribution in [0.3, 0.4) is 0 Å². The van der Waals surface area contributed by atoms with Gasteiger partial charge in [-0.25, -0.2) is 0 Å². The van der Waals surface area contributed by atoms with Gasteiger partial charge >= 0.3 is 0 Å². The van der Waals surface area contributed by atoms with Gasteiger partial charge in [0.15, 0.2) is 0 Å². The third kappa shape index (κ3) is 4.42. The minimum Gasteiger partial charge on any atom is -0.344 e. The molecule has 132 valence electrons. The number of aromatic nitrogens is 2. The Kier molecular flexibility index (Phi) is 5.43. The summed E-state index contributed by atoms with van der Waals surface area (Å²) >= 11 is 1.32. The SMILES string of the molecule is CC[C@@H](C)[C@@H](NC(=O)C1CC1)C(=O)Nc1nnc(-c2ccccc2)s1. The topological polar surface area (TPSA) is 84.0 Å². The van der Waals surface area contributed by atoms with Gasteiger partial charge in [-0.1, -0.05) is 61.9 Å². The number of carbonyl (C=O) groups is 2. The molecule has 0 aliphatic heterocycles. The quantitative estimate of drug-likeness (QED) is 0.797. The van der Waals surface area contributed by atoms with E-state index in [1.807, 2.05) is 44.2 Å². The van der Waals surface area contributed by atoms with Gasteiger partial charge in [0, 0.05) is 11.5 Å². The molecule has 2 aromatic rings. The van der Waals surface area contributed by atoms with Crippen molar-refractivity contribution in [3.8, 4) is 10.6 Å².